The number of nitrogens with one attached hydrogen (secondary N) is 1. The van der Waals surface area contributed by atoms with Crippen molar-refractivity contribution in [3.05, 3.63) is 16.3 Å². The Hall–Kier alpha value is -1.77. The summed E-state index contributed by atoms with van der Waals surface area (Å²) in [4.78, 5) is 28.3. The van der Waals surface area contributed by atoms with E-state index < -0.39 is 0 Å². The van der Waals surface area contributed by atoms with Crippen LogP contribution in [-0.4, -0.2) is 71.6 Å². The average molecular weight is 418 g/mol. The predicted octanol–water partition coefficient (Wildman–Crippen LogP) is 3.28. The molecule has 2 saturated heterocycles. The van der Waals surface area contributed by atoms with Crippen molar-refractivity contribution in [1.82, 2.24) is 19.8 Å². The Kier molecular flexibility index (Phi) is 6.03. The van der Waals surface area contributed by atoms with Gasteiger partial charge in [-0.2, -0.15) is 0 Å². The Labute approximate surface area is 176 Å². The number of aromatic nitrogens is 2. The van der Waals surface area contributed by atoms with E-state index in [1.54, 1.807) is 0 Å². The molecule has 7 nitrogen and oxygen atoms in total. The number of esters is 1. The fourth-order valence-electron chi connectivity index (χ4n) is 4.62. The second-order valence-corrected chi connectivity index (χ2v) is 9.32. The Bertz CT molecular complexity index is 897. The number of fused-ring (bicyclic) bond motifs is 2. The van der Waals surface area contributed by atoms with Gasteiger partial charge in [-0.1, -0.05) is 6.42 Å². The number of piperidine rings is 1. The van der Waals surface area contributed by atoms with E-state index in [-0.39, 0.29) is 5.97 Å². The van der Waals surface area contributed by atoms with Crippen LogP contribution in [-0.2, 0) is 11.3 Å². The van der Waals surface area contributed by atoms with Crippen LogP contribution < -0.4 is 5.32 Å². The lowest BCUT2D eigenvalue weighted by molar-refractivity contribution is 0.0531. The zero-order valence-electron chi connectivity index (χ0n) is 17.8. The van der Waals surface area contributed by atoms with Crippen molar-refractivity contribution < 1.29 is 9.53 Å². The number of aryl methyl sites for hydroxylation is 1. The molecule has 4 rings (SSSR count). The summed E-state index contributed by atoms with van der Waals surface area (Å²) in [6, 6.07) is 0.973. The summed E-state index contributed by atoms with van der Waals surface area (Å²) in [5.74, 6) is 1.38. The number of carbonyl (C=O) groups is 1. The lowest BCUT2D eigenvalue weighted by atomic mass is 9.99. The average Bonchev–Trinajstić information content (AvgIpc) is 3.23. The van der Waals surface area contributed by atoms with Crippen molar-refractivity contribution >= 4 is 33.3 Å². The maximum atomic E-state index is 12.4. The minimum atomic E-state index is -0.271. The van der Waals surface area contributed by atoms with E-state index in [0.29, 0.717) is 30.1 Å². The molecule has 0 saturated carbocycles. The molecular weight excluding hydrogens is 386 g/mol. The van der Waals surface area contributed by atoms with Crippen LogP contribution in [0.5, 0.6) is 0 Å². The number of carbonyl (C=O) groups excluding carboxylic acids is 1. The molecule has 0 spiro atoms. The van der Waals surface area contributed by atoms with E-state index in [0.717, 1.165) is 40.4 Å². The summed E-state index contributed by atoms with van der Waals surface area (Å²) in [5.41, 5.74) is 0.917. The van der Waals surface area contributed by atoms with E-state index in [1.807, 2.05) is 27.9 Å². The molecule has 2 aromatic rings. The summed E-state index contributed by atoms with van der Waals surface area (Å²) in [7, 11) is 4.03. The van der Waals surface area contributed by atoms with Gasteiger partial charge < -0.3 is 15.0 Å². The Morgan fingerprint density at radius 3 is 2.86 bits per heavy atom. The molecule has 2 unspecified atom stereocenters. The summed E-state index contributed by atoms with van der Waals surface area (Å²) in [6.45, 7) is 7.20. The van der Waals surface area contributed by atoms with Crippen LogP contribution in [0, 0.1) is 6.92 Å². The molecule has 4 heterocycles. The van der Waals surface area contributed by atoms with Crippen molar-refractivity contribution in [2.75, 3.05) is 39.1 Å². The molecule has 0 aliphatic carbocycles. The van der Waals surface area contributed by atoms with Gasteiger partial charge in [-0.25, -0.2) is 14.8 Å². The number of anilines is 1. The number of rotatable bonds is 6. The van der Waals surface area contributed by atoms with Gasteiger partial charge in [0.2, 0.25) is 0 Å². The van der Waals surface area contributed by atoms with Crippen LogP contribution in [0.3, 0.4) is 0 Å². The Balaban J connectivity index is 1.72. The number of hydrogen-bond acceptors (Lipinski definition) is 8. The number of nitrogens with zero attached hydrogens (tertiary/aromatic N) is 4. The molecule has 0 amide bonds. The van der Waals surface area contributed by atoms with Crippen molar-refractivity contribution in [2.24, 2.45) is 0 Å². The van der Waals surface area contributed by atoms with Crippen molar-refractivity contribution in [1.29, 1.82) is 0 Å². The zero-order chi connectivity index (χ0) is 20.5. The van der Waals surface area contributed by atoms with Gasteiger partial charge in [-0.3, -0.25) is 4.90 Å². The second-order valence-electron chi connectivity index (χ2n) is 8.32. The third-order valence-electron chi connectivity index (χ3n) is 5.93. The molecular formula is C21H31N5O2S. The third-order valence-corrected chi connectivity index (χ3v) is 7.10. The van der Waals surface area contributed by atoms with Crippen LogP contribution in [0.25, 0.3) is 10.2 Å². The highest BCUT2D eigenvalue weighted by atomic mass is 32.1. The molecule has 2 aromatic heterocycles. The highest BCUT2D eigenvalue weighted by Crippen LogP contribution is 2.36. The Morgan fingerprint density at radius 2 is 2.10 bits per heavy atom. The van der Waals surface area contributed by atoms with E-state index >= 15 is 0 Å². The van der Waals surface area contributed by atoms with E-state index in [1.165, 1.54) is 37.1 Å². The van der Waals surface area contributed by atoms with E-state index in [9.17, 15) is 4.79 Å². The van der Waals surface area contributed by atoms with Crippen LogP contribution in [0.4, 0.5) is 5.82 Å². The van der Waals surface area contributed by atoms with Crippen LogP contribution in [0.15, 0.2) is 0 Å². The number of hydrogen-bond donors (Lipinski definition) is 1. The van der Waals surface area contributed by atoms with Gasteiger partial charge in [0.15, 0.2) is 0 Å². The number of thiophene rings is 1. The third kappa shape index (κ3) is 4.11. The molecule has 0 aromatic carbocycles. The molecule has 2 aliphatic heterocycles. The van der Waals surface area contributed by atoms with Gasteiger partial charge in [-0.15, -0.1) is 11.3 Å². The molecule has 29 heavy (non-hydrogen) atoms. The Morgan fingerprint density at radius 1 is 1.28 bits per heavy atom. The normalized spacial score (nSPS) is 22.2. The summed E-state index contributed by atoms with van der Waals surface area (Å²) >= 11 is 1.41. The SMILES string of the molecule is CCOC(=O)c1sc2nc(CN(C)C)nc(NC3CCN4CCCCC34)c2c1C. The smallest absolute Gasteiger partial charge is 0.348 e. The second kappa shape index (κ2) is 8.53. The van der Waals surface area contributed by atoms with E-state index in [4.69, 9.17) is 14.7 Å². The molecule has 1 N–H and O–H groups in total. The lowest BCUT2D eigenvalue weighted by Crippen LogP contribution is -2.41. The maximum Gasteiger partial charge on any atom is 0.348 e. The molecule has 158 valence electrons. The monoisotopic (exact) mass is 417 g/mol. The molecule has 2 fully saturated rings. The molecule has 0 radical (unpaired) electrons. The molecule has 2 atom stereocenters. The predicted molar refractivity (Wildman–Crippen MR) is 117 cm³/mol. The largest absolute Gasteiger partial charge is 0.462 e. The fourth-order valence-corrected chi connectivity index (χ4v) is 5.72. The minimum absolute atomic E-state index is 0.271. The first kappa shape index (κ1) is 20.5. The molecule has 0 bridgehead atoms. The quantitative estimate of drug-likeness (QED) is 0.723. The van der Waals surface area contributed by atoms with Gasteiger partial charge in [0.1, 0.15) is 21.3 Å². The lowest BCUT2D eigenvalue weighted by Gasteiger charge is -2.32. The number of ether oxygens (including phenoxy) is 1. The van der Waals surface area contributed by atoms with Gasteiger partial charge in [0.05, 0.1) is 18.5 Å². The first-order chi connectivity index (χ1) is 14.0. The first-order valence-electron chi connectivity index (χ1n) is 10.6. The zero-order valence-corrected chi connectivity index (χ0v) is 18.6. The summed E-state index contributed by atoms with van der Waals surface area (Å²) in [6.07, 6.45) is 4.98. The molecule has 2 aliphatic rings. The molecule has 8 heteroatoms. The fraction of sp³-hybridized carbons (Fsp3) is 0.667. The topological polar surface area (TPSA) is 70.6 Å². The van der Waals surface area contributed by atoms with Gasteiger partial charge in [0, 0.05) is 18.6 Å². The van der Waals surface area contributed by atoms with Crippen molar-refractivity contribution in [3.8, 4) is 0 Å². The van der Waals surface area contributed by atoms with Gasteiger partial charge in [0.25, 0.3) is 0 Å². The highest BCUT2D eigenvalue weighted by Gasteiger charge is 2.36. The van der Waals surface area contributed by atoms with Crippen LogP contribution in [0.1, 0.15) is 53.7 Å². The summed E-state index contributed by atoms with van der Waals surface area (Å²) in [5, 5.41) is 4.73. The van der Waals surface area contributed by atoms with Crippen molar-refractivity contribution in [3.63, 3.8) is 0 Å². The standard InChI is InChI=1S/C21H31N5O2S/c1-5-28-21(27)18-13(2)17-19(23-16(12-25(3)4)24-20(17)29-18)22-14-9-11-26-10-7-6-8-15(14)26/h14-15H,5-12H2,1-4H3,(H,22,23,24). The minimum Gasteiger partial charge on any atom is -0.462 e. The first-order valence-corrected chi connectivity index (χ1v) is 11.4. The van der Waals surface area contributed by atoms with Crippen LogP contribution >= 0.6 is 11.3 Å². The summed E-state index contributed by atoms with van der Waals surface area (Å²) < 4.78 is 5.27. The highest BCUT2D eigenvalue weighted by molar-refractivity contribution is 7.20. The van der Waals surface area contributed by atoms with Gasteiger partial charge >= 0.3 is 5.97 Å². The maximum absolute atomic E-state index is 12.4. The van der Waals surface area contributed by atoms with Gasteiger partial charge in [-0.05, 0) is 59.3 Å². The van der Waals surface area contributed by atoms with Crippen molar-refractivity contribution in [2.45, 2.75) is 58.2 Å². The van der Waals surface area contributed by atoms with Crippen LogP contribution in [0.2, 0.25) is 0 Å². The van der Waals surface area contributed by atoms with E-state index in [2.05, 4.69) is 15.1 Å².